The fraction of sp³-hybridized carbons (Fsp3) is 0.778. The van der Waals surface area contributed by atoms with E-state index in [2.05, 4.69) is 32.9 Å². The van der Waals surface area contributed by atoms with Gasteiger partial charge in [0, 0.05) is 56.3 Å². The van der Waals surface area contributed by atoms with Gasteiger partial charge in [-0.1, -0.05) is 0 Å². The zero-order valence-electron chi connectivity index (χ0n) is 16.0. The number of halogens is 1. The Hall–Kier alpha value is -0.450. The summed E-state index contributed by atoms with van der Waals surface area (Å²) in [5.41, 5.74) is 1.11. The molecular weight excluding hydrogens is 463 g/mol. The highest BCUT2D eigenvalue weighted by Gasteiger charge is 2.15. The molecule has 1 fully saturated rings. The van der Waals surface area contributed by atoms with Gasteiger partial charge in [0.2, 0.25) is 0 Å². The number of aliphatic imine (C=N–C) groups is 1. The molecule has 0 aromatic carbocycles. The van der Waals surface area contributed by atoms with Crippen molar-refractivity contribution in [3.8, 4) is 0 Å². The van der Waals surface area contributed by atoms with Crippen LogP contribution in [0, 0.1) is 12.8 Å². The van der Waals surface area contributed by atoms with Crippen LogP contribution >= 0.6 is 35.3 Å². The normalized spacial score (nSPS) is 17.2. The Morgan fingerprint density at radius 1 is 1.42 bits per heavy atom. The molecule has 0 bridgehead atoms. The van der Waals surface area contributed by atoms with Crippen LogP contribution in [0.5, 0.6) is 0 Å². The minimum atomic E-state index is 0. The first-order valence-corrected chi connectivity index (χ1v) is 10.2. The lowest BCUT2D eigenvalue weighted by Crippen LogP contribution is -2.38. The van der Waals surface area contributed by atoms with E-state index in [9.17, 15) is 0 Å². The summed E-state index contributed by atoms with van der Waals surface area (Å²) >= 11 is 1.74. The Morgan fingerprint density at radius 3 is 3.00 bits per heavy atom. The van der Waals surface area contributed by atoms with Crippen molar-refractivity contribution in [2.45, 2.75) is 39.5 Å². The van der Waals surface area contributed by atoms with Crippen molar-refractivity contribution in [2.24, 2.45) is 10.9 Å². The first-order valence-electron chi connectivity index (χ1n) is 9.36. The van der Waals surface area contributed by atoms with E-state index in [1.807, 2.05) is 6.92 Å². The Bertz CT molecular complexity index is 507. The summed E-state index contributed by atoms with van der Waals surface area (Å²) in [6, 6.07) is 0. The van der Waals surface area contributed by atoms with Crippen LogP contribution in [0.1, 0.15) is 36.9 Å². The summed E-state index contributed by atoms with van der Waals surface area (Å²) in [6.07, 6.45) is 4.14. The van der Waals surface area contributed by atoms with E-state index in [1.165, 1.54) is 5.01 Å². The average Bonchev–Trinajstić information content (AvgIpc) is 3.26. The van der Waals surface area contributed by atoms with E-state index < -0.39 is 0 Å². The molecule has 2 rings (SSSR count). The van der Waals surface area contributed by atoms with Gasteiger partial charge < -0.3 is 20.1 Å². The lowest BCUT2D eigenvalue weighted by Gasteiger charge is -2.12. The van der Waals surface area contributed by atoms with Crippen LogP contribution in [0.25, 0.3) is 0 Å². The summed E-state index contributed by atoms with van der Waals surface area (Å²) in [4.78, 5) is 9.12. The highest BCUT2D eigenvalue weighted by molar-refractivity contribution is 14.0. The fourth-order valence-electron chi connectivity index (χ4n) is 2.63. The fourth-order valence-corrected chi connectivity index (χ4v) is 3.44. The topological polar surface area (TPSA) is 67.8 Å². The number of aryl methyl sites for hydroxylation is 2. The summed E-state index contributed by atoms with van der Waals surface area (Å²) in [7, 11) is 0. The van der Waals surface area contributed by atoms with Crippen LogP contribution in [-0.2, 0) is 15.9 Å². The Kier molecular flexibility index (Phi) is 13.2. The third-order valence-electron chi connectivity index (χ3n) is 3.96. The molecule has 2 heterocycles. The molecule has 1 aliphatic rings. The SMILES string of the molecule is CCNC(=NCCCc1nc(C)cs1)NCCCOCC1CCOC1.I. The maximum absolute atomic E-state index is 5.72. The highest BCUT2D eigenvalue weighted by Crippen LogP contribution is 2.12. The third-order valence-corrected chi connectivity index (χ3v) is 4.99. The second-order valence-electron chi connectivity index (χ2n) is 6.33. The standard InChI is InChI=1S/C18H32N4O2S.HI/c1-3-19-18(20-8-4-6-17-22-15(2)14-25-17)21-9-5-10-23-12-16-7-11-24-13-16;/h14,16H,3-13H2,1-2H3,(H2,19,20,21);1H. The predicted octanol–water partition coefficient (Wildman–Crippen LogP) is 3.00. The zero-order chi connectivity index (χ0) is 17.7. The monoisotopic (exact) mass is 496 g/mol. The molecule has 26 heavy (non-hydrogen) atoms. The second kappa shape index (κ2) is 14.6. The van der Waals surface area contributed by atoms with Gasteiger partial charge in [-0.3, -0.25) is 4.99 Å². The van der Waals surface area contributed by atoms with Crippen molar-refractivity contribution < 1.29 is 9.47 Å². The quantitative estimate of drug-likeness (QED) is 0.214. The first-order chi connectivity index (χ1) is 12.3. The molecule has 0 radical (unpaired) electrons. The van der Waals surface area contributed by atoms with Gasteiger partial charge >= 0.3 is 0 Å². The van der Waals surface area contributed by atoms with Crippen molar-refractivity contribution in [3.63, 3.8) is 0 Å². The lowest BCUT2D eigenvalue weighted by molar-refractivity contribution is 0.0888. The number of hydrogen-bond acceptors (Lipinski definition) is 5. The Balaban J connectivity index is 0.00000338. The van der Waals surface area contributed by atoms with E-state index in [4.69, 9.17) is 9.47 Å². The number of aromatic nitrogens is 1. The van der Waals surface area contributed by atoms with E-state index in [1.54, 1.807) is 11.3 Å². The molecule has 1 atom stereocenters. The lowest BCUT2D eigenvalue weighted by atomic mass is 10.1. The molecule has 1 saturated heterocycles. The number of nitrogens with one attached hydrogen (secondary N) is 2. The molecule has 6 nitrogen and oxygen atoms in total. The molecule has 0 aliphatic carbocycles. The molecule has 1 aromatic heterocycles. The van der Waals surface area contributed by atoms with E-state index in [-0.39, 0.29) is 24.0 Å². The number of guanidine groups is 1. The van der Waals surface area contributed by atoms with Gasteiger partial charge in [-0.25, -0.2) is 4.98 Å². The largest absolute Gasteiger partial charge is 0.381 e. The molecule has 150 valence electrons. The first kappa shape index (κ1) is 23.6. The number of thiazole rings is 1. The van der Waals surface area contributed by atoms with E-state index in [0.717, 1.165) is 83.4 Å². The van der Waals surface area contributed by atoms with Gasteiger partial charge in [-0.2, -0.15) is 0 Å². The van der Waals surface area contributed by atoms with Gasteiger partial charge in [-0.15, -0.1) is 35.3 Å². The molecule has 8 heteroatoms. The van der Waals surface area contributed by atoms with Crippen molar-refractivity contribution >= 4 is 41.3 Å². The Morgan fingerprint density at radius 2 is 2.31 bits per heavy atom. The number of ether oxygens (including phenoxy) is 2. The summed E-state index contributed by atoms with van der Waals surface area (Å²) < 4.78 is 11.1. The van der Waals surface area contributed by atoms with Crippen LogP contribution in [0.15, 0.2) is 10.4 Å². The Labute approximate surface area is 178 Å². The third kappa shape index (κ3) is 10.0. The second-order valence-corrected chi connectivity index (χ2v) is 7.27. The molecule has 2 N–H and O–H groups in total. The molecule has 1 unspecified atom stereocenters. The van der Waals surface area contributed by atoms with Crippen molar-refractivity contribution in [2.75, 3.05) is 46.1 Å². The van der Waals surface area contributed by atoms with Crippen LogP contribution < -0.4 is 10.6 Å². The van der Waals surface area contributed by atoms with Crippen molar-refractivity contribution in [1.82, 2.24) is 15.6 Å². The van der Waals surface area contributed by atoms with Crippen LogP contribution in [0.2, 0.25) is 0 Å². The minimum Gasteiger partial charge on any atom is -0.381 e. The molecule has 1 aliphatic heterocycles. The maximum Gasteiger partial charge on any atom is 0.191 e. The molecule has 0 amide bonds. The summed E-state index contributed by atoms with van der Waals surface area (Å²) in [6.45, 7) is 10.0. The minimum absolute atomic E-state index is 0. The van der Waals surface area contributed by atoms with Gasteiger partial charge in [0.1, 0.15) is 0 Å². The van der Waals surface area contributed by atoms with E-state index in [0.29, 0.717) is 5.92 Å². The van der Waals surface area contributed by atoms with Gasteiger partial charge in [0.05, 0.1) is 18.2 Å². The number of nitrogens with zero attached hydrogens (tertiary/aromatic N) is 2. The van der Waals surface area contributed by atoms with Crippen molar-refractivity contribution in [3.05, 3.63) is 16.1 Å². The van der Waals surface area contributed by atoms with Crippen LogP contribution in [0.4, 0.5) is 0 Å². The van der Waals surface area contributed by atoms with Crippen molar-refractivity contribution in [1.29, 1.82) is 0 Å². The highest BCUT2D eigenvalue weighted by atomic mass is 127. The van der Waals surface area contributed by atoms with Gasteiger partial charge in [0.25, 0.3) is 0 Å². The molecule has 0 spiro atoms. The van der Waals surface area contributed by atoms with Crippen LogP contribution in [-0.4, -0.2) is 57.0 Å². The summed E-state index contributed by atoms with van der Waals surface area (Å²) in [5, 5.41) is 9.97. The summed E-state index contributed by atoms with van der Waals surface area (Å²) in [5.74, 6) is 1.48. The van der Waals surface area contributed by atoms with Gasteiger partial charge in [0.15, 0.2) is 5.96 Å². The smallest absolute Gasteiger partial charge is 0.191 e. The van der Waals surface area contributed by atoms with Gasteiger partial charge in [-0.05, 0) is 33.1 Å². The maximum atomic E-state index is 5.72. The van der Waals surface area contributed by atoms with Crippen LogP contribution in [0.3, 0.4) is 0 Å². The number of hydrogen-bond donors (Lipinski definition) is 2. The van der Waals surface area contributed by atoms with E-state index >= 15 is 0 Å². The molecule has 1 aromatic rings. The molecule has 0 saturated carbocycles. The molecular formula is C18H33IN4O2S. The average molecular weight is 496 g/mol. The predicted molar refractivity (Wildman–Crippen MR) is 119 cm³/mol. The zero-order valence-corrected chi connectivity index (χ0v) is 19.1. The number of rotatable bonds is 11.